The van der Waals surface area contributed by atoms with E-state index < -0.39 is 0 Å². The largest absolute Gasteiger partial charge is 0.474 e. The molecule has 0 amide bonds. The number of methoxy groups -OCH3 is 1. The maximum atomic E-state index is 11.6. The Hall–Kier alpha value is -2.89. The summed E-state index contributed by atoms with van der Waals surface area (Å²) in [5.41, 5.74) is 2.69. The third-order valence-corrected chi connectivity index (χ3v) is 4.64. The van der Waals surface area contributed by atoms with Gasteiger partial charge in [0.05, 0.1) is 19.2 Å². The van der Waals surface area contributed by atoms with Gasteiger partial charge in [-0.3, -0.25) is 9.78 Å². The molecule has 1 aliphatic rings. The third-order valence-electron chi connectivity index (χ3n) is 4.64. The average Bonchev–Trinajstić information content (AvgIpc) is 3.57. The van der Waals surface area contributed by atoms with E-state index in [0.29, 0.717) is 18.4 Å². The van der Waals surface area contributed by atoms with Crippen LogP contribution >= 0.6 is 0 Å². The molecule has 1 fully saturated rings. The molecule has 6 heteroatoms. The predicted molar refractivity (Wildman–Crippen MR) is 105 cm³/mol. The van der Waals surface area contributed by atoms with Gasteiger partial charge < -0.3 is 14.3 Å². The summed E-state index contributed by atoms with van der Waals surface area (Å²) in [6.45, 7) is 2.38. The summed E-state index contributed by atoms with van der Waals surface area (Å²) in [6, 6.07) is 13.4. The van der Waals surface area contributed by atoms with Crippen molar-refractivity contribution in [2.75, 3.05) is 7.11 Å². The number of rotatable bonds is 9. The van der Waals surface area contributed by atoms with E-state index in [4.69, 9.17) is 14.3 Å². The number of benzene rings is 1. The van der Waals surface area contributed by atoms with Crippen LogP contribution in [-0.4, -0.2) is 24.0 Å². The first-order chi connectivity index (χ1) is 13.7. The van der Waals surface area contributed by atoms with E-state index in [1.165, 1.54) is 7.11 Å². The number of esters is 1. The third kappa shape index (κ3) is 5.55. The van der Waals surface area contributed by atoms with Gasteiger partial charge in [-0.1, -0.05) is 42.4 Å². The van der Waals surface area contributed by atoms with Gasteiger partial charge in [0.1, 0.15) is 6.61 Å². The monoisotopic (exact) mass is 382 g/mol. The first-order valence-electron chi connectivity index (χ1n) is 9.62. The van der Waals surface area contributed by atoms with Crippen LogP contribution in [0.4, 0.5) is 0 Å². The van der Waals surface area contributed by atoms with Crippen LogP contribution in [0.3, 0.4) is 0 Å². The van der Waals surface area contributed by atoms with E-state index in [1.807, 2.05) is 49.4 Å². The van der Waals surface area contributed by atoms with Crippen molar-refractivity contribution in [1.82, 2.24) is 4.98 Å². The lowest BCUT2D eigenvalue weighted by Gasteiger charge is -2.15. The molecular formula is C22H26N2O4. The van der Waals surface area contributed by atoms with Crippen molar-refractivity contribution in [3.05, 3.63) is 65.5 Å². The van der Waals surface area contributed by atoms with Crippen LogP contribution in [0.25, 0.3) is 0 Å². The quantitative estimate of drug-likeness (QED) is 0.281. The highest BCUT2D eigenvalue weighted by atomic mass is 16.7. The Morgan fingerprint density at radius 3 is 2.57 bits per heavy atom. The summed E-state index contributed by atoms with van der Waals surface area (Å²) < 4.78 is 10.8. The fraction of sp³-hybridized carbons (Fsp3) is 0.409. The second kappa shape index (κ2) is 9.88. The number of hydrogen-bond acceptors (Lipinski definition) is 6. The lowest BCUT2D eigenvalue weighted by atomic mass is 10.1. The van der Waals surface area contributed by atoms with E-state index in [9.17, 15) is 4.79 Å². The maximum absolute atomic E-state index is 11.6. The highest BCUT2D eigenvalue weighted by Crippen LogP contribution is 2.32. The topological polar surface area (TPSA) is 70.0 Å². The second-order valence-corrected chi connectivity index (χ2v) is 6.77. The number of hydrogen-bond donors (Lipinski definition) is 0. The average molecular weight is 382 g/mol. The minimum absolute atomic E-state index is 0.204. The molecule has 1 aromatic heterocycles. The van der Waals surface area contributed by atoms with E-state index >= 15 is 0 Å². The lowest BCUT2D eigenvalue weighted by Crippen LogP contribution is -2.12. The van der Waals surface area contributed by atoms with Gasteiger partial charge in [0.25, 0.3) is 0 Å². The summed E-state index contributed by atoms with van der Waals surface area (Å²) in [4.78, 5) is 21.7. The van der Waals surface area contributed by atoms with Gasteiger partial charge in [-0.05, 0) is 42.5 Å². The highest BCUT2D eigenvalue weighted by molar-refractivity contribution is 5.80. The molecule has 1 saturated carbocycles. The zero-order chi connectivity index (χ0) is 19.8. The molecule has 0 aliphatic heterocycles. The lowest BCUT2D eigenvalue weighted by molar-refractivity contribution is -0.139. The molecule has 6 nitrogen and oxygen atoms in total. The van der Waals surface area contributed by atoms with Crippen LogP contribution in [-0.2, 0) is 32.1 Å². The van der Waals surface area contributed by atoms with Crippen LogP contribution in [0.2, 0.25) is 0 Å². The number of ether oxygens (including phenoxy) is 2. The van der Waals surface area contributed by atoms with Crippen molar-refractivity contribution in [3.63, 3.8) is 0 Å². The summed E-state index contributed by atoms with van der Waals surface area (Å²) >= 11 is 0. The van der Waals surface area contributed by atoms with Crippen LogP contribution in [0, 0.1) is 5.92 Å². The van der Waals surface area contributed by atoms with Gasteiger partial charge in [-0.15, -0.1) is 0 Å². The summed E-state index contributed by atoms with van der Waals surface area (Å²) in [5, 5.41) is 4.32. The van der Waals surface area contributed by atoms with Crippen molar-refractivity contribution >= 4 is 11.9 Å². The molecule has 3 rings (SSSR count). The number of carbonyl (C=O) groups is 1. The zero-order valence-corrected chi connectivity index (χ0v) is 16.3. The Morgan fingerprint density at radius 2 is 1.93 bits per heavy atom. The minimum Gasteiger partial charge on any atom is -0.474 e. The maximum Gasteiger partial charge on any atom is 0.309 e. The number of nitrogens with zero attached hydrogens (tertiary/aromatic N) is 2. The van der Waals surface area contributed by atoms with Gasteiger partial charge in [0, 0.05) is 12.1 Å². The fourth-order valence-electron chi connectivity index (χ4n) is 2.82. The number of aromatic nitrogens is 1. The van der Waals surface area contributed by atoms with Gasteiger partial charge in [-0.25, -0.2) is 0 Å². The van der Waals surface area contributed by atoms with Gasteiger partial charge >= 0.3 is 5.97 Å². The van der Waals surface area contributed by atoms with Crippen molar-refractivity contribution < 1.29 is 19.1 Å². The van der Waals surface area contributed by atoms with Crippen molar-refractivity contribution in [3.8, 4) is 0 Å². The van der Waals surface area contributed by atoms with Crippen molar-refractivity contribution in [2.45, 2.75) is 45.3 Å². The van der Waals surface area contributed by atoms with E-state index in [0.717, 1.165) is 36.1 Å². The van der Waals surface area contributed by atoms with Gasteiger partial charge in [0.2, 0.25) is 5.90 Å². The SMILES string of the molecule is CCC(O/N=C(/OCc1ccccc1CC(=O)OC)C1CC1)c1ccccn1. The second-order valence-electron chi connectivity index (χ2n) is 6.77. The molecule has 28 heavy (non-hydrogen) atoms. The molecule has 0 spiro atoms. The summed E-state index contributed by atoms with van der Waals surface area (Å²) in [7, 11) is 1.39. The van der Waals surface area contributed by atoms with E-state index in [-0.39, 0.29) is 18.5 Å². The summed E-state index contributed by atoms with van der Waals surface area (Å²) in [5.74, 6) is 0.643. The molecule has 1 atom stereocenters. The van der Waals surface area contributed by atoms with Crippen molar-refractivity contribution in [2.24, 2.45) is 11.1 Å². The molecular weight excluding hydrogens is 356 g/mol. The molecule has 1 aromatic carbocycles. The van der Waals surface area contributed by atoms with Crippen LogP contribution in [0.5, 0.6) is 0 Å². The molecule has 0 radical (unpaired) electrons. The summed E-state index contributed by atoms with van der Waals surface area (Å²) in [6.07, 6.45) is 4.63. The van der Waals surface area contributed by atoms with Crippen LogP contribution in [0.15, 0.2) is 53.8 Å². The Kier molecular flexibility index (Phi) is 7.00. The Bertz CT molecular complexity index is 803. The Morgan fingerprint density at radius 1 is 1.18 bits per heavy atom. The van der Waals surface area contributed by atoms with E-state index in [1.54, 1.807) is 6.20 Å². The fourth-order valence-corrected chi connectivity index (χ4v) is 2.82. The minimum atomic E-state index is -0.270. The highest BCUT2D eigenvalue weighted by Gasteiger charge is 2.31. The van der Waals surface area contributed by atoms with Crippen LogP contribution < -0.4 is 0 Å². The molecule has 0 bridgehead atoms. The Labute approximate surface area is 165 Å². The van der Waals surface area contributed by atoms with Crippen molar-refractivity contribution in [1.29, 1.82) is 0 Å². The zero-order valence-electron chi connectivity index (χ0n) is 16.3. The van der Waals surface area contributed by atoms with Crippen LogP contribution in [0.1, 0.15) is 49.1 Å². The molecule has 2 aromatic rings. The van der Waals surface area contributed by atoms with Gasteiger partial charge in [-0.2, -0.15) is 0 Å². The number of pyridine rings is 1. The molecule has 0 N–H and O–H groups in total. The molecule has 0 saturated heterocycles. The number of oxime groups is 1. The number of carbonyl (C=O) groups excluding carboxylic acids is 1. The smallest absolute Gasteiger partial charge is 0.309 e. The molecule has 148 valence electrons. The van der Waals surface area contributed by atoms with E-state index in [2.05, 4.69) is 10.1 Å². The molecule has 1 heterocycles. The standard InChI is InChI=1S/C22H26N2O4/c1-3-20(19-10-6-7-13-23-19)28-24-22(16-11-12-16)27-15-18-9-5-4-8-17(18)14-21(25)26-2/h4-10,13,16,20H,3,11-12,14-15H2,1-2H3/b24-22+. The molecule has 1 unspecified atom stereocenters. The van der Waals surface area contributed by atoms with Gasteiger partial charge in [0.15, 0.2) is 6.10 Å². The predicted octanol–water partition coefficient (Wildman–Crippen LogP) is 4.21. The Balaban J connectivity index is 1.66. The normalized spacial score (nSPS) is 15.0. The first-order valence-corrected chi connectivity index (χ1v) is 9.62. The first kappa shape index (κ1) is 19.9. The molecule has 1 aliphatic carbocycles.